The summed E-state index contributed by atoms with van der Waals surface area (Å²) >= 11 is 0. The number of methoxy groups -OCH3 is 1. The molecule has 0 radical (unpaired) electrons. The lowest BCUT2D eigenvalue weighted by Gasteiger charge is -2.24. The monoisotopic (exact) mass is 366 g/mol. The Labute approximate surface area is 157 Å². The summed E-state index contributed by atoms with van der Waals surface area (Å²) in [5.41, 5.74) is 3.68. The lowest BCUT2D eigenvalue weighted by atomic mass is 9.98. The number of ether oxygens (including phenoxy) is 2. The van der Waals surface area contributed by atoms with E-state index >= 15 is 0 Å². The van der Waals surface area contributed by atoms with Crippen LogP contribution in [0.2, 0.25) is 0 Å². The van der Waals surface area contributed by atoms with Gasteiger partial charge in [0.2, 0.25) is 0 Å². The van der Waals surface area contributed by atoms with E-state index in [1.54, 1.807) is 32.6 Å². The molecule has 7 nitrogen and oxygen atoms in total. The highest BCUT2D eigenvalue weighted by Crippen LogP contribution is 2.35. The maximum Gasteiger partial charge on any atom is 0.136 e. The molecule has 0 spiro atoms. The Morgan fingerprint density at radius 2 is 2.22 bits per heavy atom. The zero-order chi connectivity index (χ0) is 19.0. The van der Waals surface area contributed by atoms with E-state index in [9.17, 15) is 4.79 Å². The zero-order valence-corrected chi connectivity index (χ0v) is 15.7. The molecule has 0 saturated carbocycles. The Bertz CT molecular complexity index is 1010. The third-order valence-electron chi connectivity index (χ3n) is 5.12. The van der Waals surface area contributed by atoms with E-state index in [1.807, 2.05) is 23.9 Å². The summed E-state index contributed by atoms with van der Waals surface area (Å²) in [5, 5.41) is 1.00. The van der Waals surface area contributed by atoms with Crippen LogP contribution in [0, 0.1) is 0 Å². The number of aryl methyl sites for hydroxylation is 1. The van der Waals surface area contributed by atoms with Gasteiger partial charge in [0.1, 0.15) is 11.4 Å². The molecular formula is C20H22N4O3. The normalized spacial score (nSPS) is 19.7. The van der Waals surface area contributed by atoms with E-state index < -0.39 is 5.60 Å². The first kappa shape index (κ1) is 17.8. The number of nitrogens with zero attached hydrogens (tertiary/aromatic N) is 4. The lowest BCUT2D eigenvalue weighted by molar-refractivity contribution is -0.116. The van der Waals surface area contributed by atoms with Gasteiger partial charge in [-0.15, -0.1) is 0 Å². The first-order chi connectivity index (χ1) is 13.0. The summed E-state index contributed by atoms with van der Waals surface area (Å²) in [6, 6.07) is 1.96. The van der Waals surface area contributed by atoms with Crippen LogP contribution >= 0.6 is 0 Å². The highest BCUT2D eigenvalue weighted by Gasteiger charge is 2.38. The first-order valence-electron chi connectivity index (χ1n) is 8.91. The molecule has 4 heterocycles. The fourth-order valence-corrected chi connectivity index (χ4v) is 3.61. The first-order valence-corrected chi connectivity index (χ1v) is 8.91. The molecule has 0 N–H and O–H groups in total. The van der Waals surface area contributed by atoms with Crippen LogP contribution in [0.4, 0.5) is 0 Å². The zero-order valence-electron chi connectivity index (χ0n) is 15.7. The number of pyridine rings is 1. The van der Waals surface area contributed by atoms with E-state index in [4.69, 9.17) is 14.5 Å². The number of hydrogen-bond donors (Lipinski definition) is 0. The van der Waals surface area contributed by atoms with Crippen molar-refractivity contribution in [2.24, 2.45) is 7.05 Å². The number of hydrogen-bond acceptors (Lipinski definition) is 6. The van der Waals surface area contributed by atoms with Crippen molar-refractivity contribution in [1.29, 1.82) is 0 Å². The van der Waals surface area contributed by atoms with Gasteiger partial charge in [-0.3, -0.25) is 14.8 Å². The molecule has 0 bridgehead atoms. The Morgan fingerprint density at radius 3 is 2.93 bits per heavy atom. The fraction of sp³-hybridized carbons (Fsp3) is 0.400. The minimum absolute atomic E-state index is 0.0874. The molecule has 1 fully saturated rings. The maximum absolute atomic E-state index is 11.5. The SMILES string of the molecule is CO[C@]1(c2cncc(-c3cn(C)c4cnc(CC(C)=O)cc34)n2)CCOC1. The van der Waals surface area contributed by atoms with Crippen molar-refractivity contribution in [3.05, 3.63) is 42.2 Å². The molecule has 1 atom stereocenters. The second-order valence-corrected chi connectivity index (χ2v) is 7.02. The van der Waals surface area contributed by atoms with E-state index in [-0.39, 0.29) is 5.78 Å². The highest BCUT2D eigenvalue weighted by molar-refractivity contribution is 5.95. The third-order valence-corrected chi connectivity index (χ3v) is 5.12. The third kappa shape index (κ3) is 3.13. The van der Waals surface area contributed by atoms with Crippen LogP contribution in [0.1, 0.15) is 24.7 Å². The molecule has 4 rings (SSSR count). The maximum atomic E-state index is 11.5. The number of carbonyl (C=O) groups is 1. The van der Waals surface area contributed by atoms with E-state index in [2.05, 4.69) is 9.97 Å². The number of fused-ring (bicyclic) bond motifs is 1. The van der Waals surface area contributed by atoms with Gasteiger partial charge in [-0.25, -0.2) is 4.98 Å². The number of ketones is 1. The van der Waals surface area contributed by atoms with Gasteiger partial charge in [0, 0.05) is 56.4 Å². The summed E-state index contributed by atoms with van der Waals surface area (Å²) in [6.07, 6.45) is 8.39. The predicted molar refractivity (Wildman–Crippen MR) is 100 cm³/mol. The topological polar surface area (TPSA) is 79.1 Å². The van der Waals surface area contributed by atoms with Gasteiger partial charge >= 0.3 is 0 Å². The predicted octanol–water partition coefficient (Wildman–Crippen LogP) is 2.42. The molecule has 0 aromatic carbocycles. The average Bonchev–Trinajstić information content (AvgIpc) is 3.27. The van der Waals surface area contributed by atoms with Crippen LogP contribution in [-0.2, 0) is 33.3 Å². The van der Waals surface area contributed by atoms with Gasteiger partial charge < -0.3 is 14.0 Å². The van der Waals surface area contributed by atoms with Crippen LogP contribution in [0.5, 0.6) is 0 Å². The molecule has 0 amide bonds. The molecule has 27 heavy (non-hydrogen) atoms. The molecule has 140 valence electrons. The summed E-state index contributed by atoms with van der Waals surface area (Å²) < 4.78 is 13.3. The van der Waals surface area contributed by atoms with Crippen molar-refractivity contribution in [3.8, 4) is 11.3 Å². The second kappa shape index (κ2) is 6.83. The van der Waals surface area contributed by atoms with Gasteiger partial charge in [0.05, 0.1) is 42.1 Å². The number of carbonyl (C=O) groups excluding carboxylic acids is 1. The molecule has 1 aliphatic rings. The largest absolute Gasteiger partial charge is 0.378 e. The van der Waals surface area contributed by atoms with Crippen LogP contribution < -0.4 is 0 Å². The van der Waals surface area contributed by atoms with E-state index in [0.29, 0.717) is 19.6 Å². The van der Waals surface area contributed by atoms with Gasteiger partial charge in [-0.2, -0.15) is 0 Å². The standard InChI is InChI=1S/C20H22N4O3/c1-13(25)6-14-7-15-16(11-24(2)18(15)9-22-14)17-8-21-10-19(23-17)20(26-3)4-5-27-12-20/h7-11H,4-6,12H2,1-3H3/t20-/m1/s1. The van der Waals surface area contributed by atoms with Crippen LogP contribution in [-0.4, -0.2) is 45.6 Å². The molecule has 7 heteroatoms. The minimum atomic E-state index is -0.547. The number of Topliss-reactive ketones (excluding diaryl/α,β-unsaturated/α-hetero) is 1. The van der Waals surface area contributed by atoms with Crippen molar-refractivity contribution in [1.82, 2.24) is 19.5 Å². The molecular weight excluding hydrogens is 344 g/mol. The van der Waals surface area contributed by atoms with Gasteiger partial charge in [0.25, 0.3) is 0 Å². The minimum Gasteiger partial charge on any atom is -0.378 e. The molecule has 0 unspecified atom stereocenters. The van der Waals surface area contributed by atoms with Crippen molar-refractivity contribution >= 4 is 16.7 Å². The summed E-state index contributed by atoms with van der Waals surface area (Å²) in [5.74, 6) is 0.0874. The Balaban J connectivity index is 1.82. The van der Waals surface area contributed by atoms with Gasteiger partial charge in [-0.1, -0.05) is 0 Å². The Morgan fingerprint density at radius 1 is 1.37 bits per heavy atom. The lowest BCUT2D eigenvalue weighted by Crippen LogP contribution is -2.30. The summed E-state index contributed by atoms with van der Waals surface area (Å²) in [4.78, 5) is 25.1. The Hall–Kier alpha value is -2.64. The molecule has 3 aromatic rings. The molecule has 3 aromatic heterocycles. The van der Waals surface area contributed by atoms with Crippen molar-refractivity contribution in [2.45, 2.75) is 25.4 Å². The summed E-state index contributed by atoms with van der Waals surface area (Å²) in [6.45, 7) is 2.69. The quantitative estimate of drug-likeness (QED) is 0.690. The molecule has 1 aliphatic heterocycles. The fourth-order valence-electron chi connectivity index (χ4n) is 3.61. The van der Waals surface area contributed by atoms with Gasteiger partial charge in [0.15, 0.2) is 0 Å². The number of rotatable bonds is 5. The van der Waals surface area contributed by atoms with Crippen molar-refractivity contribution in [2.75, 3.05) is 20.3 Å². The average molecular weight is 366 g/mol. The Kier molecular flexibility index (Phi) is 4.49. The second-order valence-electron chi connectivity index (χ2n) is 7.02. The molecule has 1 saturated heterocycles. The van der Waals surface area contributed by atoms with E-state index in [0.717, 1.165) is 40.0 Å². The van der Waals surface area contributed by atoms with Gasteiger partial charge in [-0.05, 0) is 13.0 Å². The van der Waals surface area contributed by atoms with Crippen molar-refractivity contribution < 1.29 is 14.3 Å². The van der Waals surface area contributed by atoms with Crippen LogP contribution in [0.25, 0.3) is 22.2 Å². The van der Waals surface area contributed by atoms with Crippen LogP contribution in [0.3, 0.4) is 0 Å². The van der Waals surface area contributed by atoms with Crippen molar-refractivity contribution in [3.63, 3.8) is 0 Å². The summed E-state index contributed by atoms with van der Waals surface area (Å²) in [7, 11) is 3.65. The number of aromatic nitrogens is 4. The smallest absolute Gasteiger partial charge is 0.136 e. The van der Waals surface area contributed by atoms with E-state index in [1.165, 1.54) is 0 Å². The molecule has 0 aliphatic carbocycles. The van der Waals surface area contributed by atoms with Crippen LogP contribution in [0.15, 0.2) is 30.9 Å². The highest BCUT2D eigenvalue weighted by atomic mass is 16.5.